The fourth-order valence-electron chi connectivity index (χ4n) is 3.17. The zero-order valence-electron chi connectivity index (χ0n) is 16.9. The number of aromatic carboxylic acids is 1. The van der Waals surface area contributed by atoms with E-state index in [2.05, 4.69) is 41.8 Å². The van der Waals surface area contributed by atoms with Crippen molar-refractivity contribution in [1.29, 1.82) is 0 Å². The lowest BCUT2D eigenvalue weighted by molar-refractivity contribution is 0.0695. The van der Waals surface area contributed by atoms with Crippen molar-refractivity contribution in [1.82, 2.24) is 14.5 Å². The molecule has 2 aromatic carbocycles. The number of hydrogen-bond donors (Lipinski definition) is 1. The van der Waals surface area contributed by atoms with Crippen LogP contribution in [-0.2, 0) is 13.7 Å². The molecule has 4 rings (SSSR count). The lowest BCUT2D eigenvalue weighted by atomic mass is 10.1. The molecule has 0 unspecified atom stereocenters. The van der Waals surface area contributed by atoms with Crippen molar-refractivity contribution in [2.24, 2.45) is 7.05 Å². The molecule has 2 heterocycles. The van der Waals surface area contributed by atoms with Crippen molar-refractivity contribution in [2.75, 3.05) is 0 Å². The molecule has 0 bridgehead atoms. The normalized spacial score (nSPS) is 11.0. The minimum absolute atomic E-state index is 0.181. The summed E-state index contributed by atoms with van der Waals surface area (Å²) < 4.78 is 14.9. The van der Waals surface area contributed by atoms with Gasteiger partial charge in [0, 0.05) is 24.9 Å². The molecule has 0 atom stereocenters. The summed E-state index contributed by atoms with van der Waals surface area (Å²) in [7, 11) is 1.88. The van der Waals surface area contributed by atoms with Crippen LogP contribution in [0.2, 0.25) is 5.02 Å². The Balaban J connectivity index is 1.58. The number of carboxylic acid groups (broad SMARTS) is 1. The number of halogens is 3. The van der Waals surface area contributed by atoms with Gasteiger partial charge in [-0.05, 0) is 63.0 Å². The van der Waals surface area contributed by atoms with Crippen molar-refractivity contribution >= 4 is 60.5 Å². The van der Waals surface area contributed by atoms with Crippen molar-refractivity contribution in [3.8, 4) is 17.4 Å². The second-order valence-electron chi connectivity index (χ2n) is 6.90. The Kier molecular flexibility index (Phi) is 6.41. The topological polar surface area (TPSA) is 86.5 Å². The molecule has 0 fully saturated rings. The van der Waals surface area contributed by atoms with E-state index in [0.717, 1.165) is 11.0 Å². The lowest BCUT2D eigenvalue weighted by Gasteiger charge is -2.11. The first kappa shape index (κ1) is 22.6. The van der Waals surface area contributed by atoms with Gasteiger partial charge in [-0.15, -0.1) is 0 Å². The van der Waals surface area contributed by atoms with E-state index in [-0.39, 0.29) is 12.2 Å². The summed E-state index contributed by atoms with van der Waals surface area (Å²) >= 11 is 12.9. The molecular formula is C22H16Br2ClN3O4. The maximum Gasteiger partial charge on any atom is 0.336 e. The molecule has 0 radical (unpaired) electrons. The first-order chi connectivity index (χ1) is 15.3. The minimum atomic E-state index is -0.989. The van der Waals surface area contributed by atoms with Crippen LogP contribution in [0.4, 0.5) is 0 Å². The third-order valence-corrected chi connectivity index (χ3v) is 7.10. The summed E-state index contributed by atoms with van der Waals surface area (Å²) in [4.78, 5) is 20.2. The van der Waals surface area contributed by atoms with E-state index in [1.165, 1.54) is 0 Å². The first-order valence-corrected chi connectivity index (χ1v) is 11.3. The fourth-order valence-corrected chi connectivity index (χ4v) is 4.26. The Labute approximate surface area is 205 Å². The standard InChI is InChI=1S/C22H16Br2ClN3O4/c1-11-13(22(29)30)4-3-5-17(11)31-10-18-27-15-7-6-12(8-16(15)28(18)2)32-21-19(24)20(25)14(23)9-26-21/h3-9H,10H2,1-2H3,(H,29,30). The van der Waals surface area contributed by atoms with E-state index in [9.17, 15) is 9.90 Å². The smallest absolute Gasteiger partial charge is 0.336 e. The Morgan fingerprint density at radius 3 is 2.78 bits per heavy atom. The lowest BCUT2D eigenvalue weighted by Crippen LogP contribution is -2.06. The van der Waals surface area contributed by atoms with Crippen molar-refractivity contribution in [3.05, 3.63) is 73.5 Å². The van der Waals surface area contributed by atoms with E-state index in [4.69, 9.17) is 21.1 Å². The zero-order chi connectivity index (χ0) is 23.0. The number of benzene rings is 2. The van der Waals surface area contributed by atoms with Gasteiger partial charge in [-0.3, -0.25) is 0 Å². The second kappa shape index (κ2) is 9.09. The zero-order valence-corrected chi connectivity index (χ0v) is 20.8. The molecule has 1 N–H and O–H groups in total. The summed E-state index contributed by atoms with van der Waals surface area (Å²) in [5.41, 5.74) is 2.40. The molecule has 0 saturated carbocycles. The Bertz CT molecular complexity index is 1360. The quantitative estimate of drug-likeness (QED) is 0.279. The maximum absolute atomic E-state index is 11.3. The van der Waals surface area contributed by atoms with Gasteiger partial charge >= 0.3 is 5.97 Å². The summed E-state index contributed by atoms with van der Waals surface area (Å²) in [5.74, 6) is 1.12. The third-order valence-electron chi connectivity index (χ3n) is 4.92. The Morgan fingerprint density at radius 1 is 1.25 bits per heavy atom. The summed E-state index contributed by atoms with van der Waals surface area (Å²) in [6.45, 7) is 1.90. The van der Waals surface area contributed by atoms with Crippen LogP contribution in [-0.4, -0.2) is 25.6 Å². The number of fused-ring (bicyclic) bond motifs is 1. The van der Waals surface area contributed by atoms with Gasteiger partial charge < -0.3 is 19.1 Å². The van der Waals surface area contributed by atoms with Crippen LogP contribution in [0.1, 0.15) is 21.7 Å². The van der Waals surface area contributed by atoms with Gasteiger partial charge in [0.2, 0.25) is 5.88 Å². The van der Waals surface area contributed by atoms with Crippen LogP contribution in [0.3, 0.4) is 0 Å². The van der Waals surface area contributed by atoms with Gasteiger partial charge in [-0.2, -0.15) is 0 Å². The van der Waals surface area contributed by atoms with Crippen LogP contribution in [0.5, 0.6) is 17.4 Å². The van der Waals surface area contributed by atoms with E-state index >= 15 is 0 Å². The number of imidazole rings is 1. The summed E-state index contributed by atoms with van der Waals surface area (Å²) in [6, 6.07) is 10.4. The van der Waals surface area contributed by atoms with Crippen LogP contribution in [0.25, 0.3) is 11.0 Å². The van der Waals surface area contributed by atoms with Crippen molar-refractivity contribution < 1.29 is 19.4 Å². The average Bonchev–Trinajstić information content (AvgIpc) is 3.08. The van der Waals surface area contributed by atoms with Crippen molar-refractivity contribution in [2.45, 2.75) is 13.5 Å². The maximum atomic E-state index is 11.3. The highest BCUT2D eigenvalue weighted by molar-refractivity contribution is 9.11. The highest BCUT2D eigenvalue weighted by Gasteiger charge is 2.15. The molecule has 10 heteroatoms. The molecule has 32 heavy (non-hydrogen) atoms. The monoisotopic (exact) mass is 579 g/mol. The second-order valence-corrected chi connectivity index (χ2v) is 8.93. The number of hydrogen-bond acceptors (Lipinski definition) is 5. The highest BCUT2D eigenvalue weighted by Crippen LogP contribution is 2.38. The number of rotatable bonds is 6. The molecule has 4 aromatic rings. The predicted molar refractivity (Wildman–Crippen MR) is 128 cm³/mol. The number of aromatic nitrogens is 3. The number of carbonyl (C=O) groups is 1. The molecule has 7 nitrogen and oxygen atoms in total. The van der Waals surface area contributed by atoms with Crippen LogP contribution in [0.15, 0.2) is 51.5 Å². The molecular weight excluding hydrogens is 566 g/mol. The summed E-state index contributed by atoms with van der Waals surface area (Å²) in [6.07, 6.45) is 1.57. The number of carboxylic acids is 1. The van der Waals surface area contributed by atoms with Gasteiger partial charge in [-0.1, -0.05) is 17.7 Å². The first-order valence-electron chi connectivity index (χ1n) is 9.34. The molecule has 164 valence electrons. The van der Waals surface area contributed by atoms with E-state index < -0.39 is 5.97 Å². The predicted octanol–water partition coefficient (Wildman–Crippen LogP) is 6.52. The van der Waals surface area contributed by atoms with Gasteiger partial charge in [0.15, 0.2) is 0 Å². The van der Waals surface area contributed by atoms with Gasteiger partial charge in [0.25, 0.3) is 0 Å². The van der Waals surface area contributed by atoms with Crippen LogP contribution < -0.4 is 9.47 Å². The third kappa shape index (κ3) is 4.32. The molecule has 2 aromatic heterocycles. The number of ether oxygens (including phenoxy) is 2. The SMILES string of the molecule is Cc1c(OCc2nc3ccc(Oc4ncc(Br)c(Cl)c4Br)cc3n2C)cccc1C(=O)O. The van der Waals surface area contributed by atoms with Crippen LogP contribution >= 0.6 is 43.5 Å². The van der Waals surface area contributed by atoms with Gasteiger partial charge in [-0.25, -0.2) is 14.8 Å². The summed E-state index contributed by atoms with van der Waals surface area (Å²) in [5, 5.41) is 9.76. The van der Waals surface area contributed by atoms with E-state index in [0.29, 0.717) is 42.7 Å². The Hall–Kier alpha value is -2.62. The Morgan fingerprint density at radius 2 is 2.03 bits per heavy atom. The number of nitrogens with zero attached hydrogens (tertiary/aromatic N) is 3. The number of pyridine rings is 1. The molecule has 0 aliphatic rings. The molecule has 0 aliphatic carbocycles. The fraction of sp³-hybridized carbons (Fsp3) is 0.136. The minimum Gasteiger partial charge on any atom is -0.485 e. The van der Waals surface area contributed by atoms with E-state index in [1.54, 1.807) is 37.4 Å². The molecule has 0 amide bonds. The highest BCUT2D eigenvalue weighted by atomic mass is 79.9. The van der Waals surface area contributed by atoms with Crippen molar-refractivity contribution in [3.63, 3.8) is 0 Å². The molecule has 0 spiro atoms. The average molecular weight is 582 g/mol. The molecule has 0 saturated heterocycles. The van der Waals surface area contributed by atoms with Crippen LogP contribution in [0, 0.1) is 6.92 Å². The van der Waals surface area contributed by atoms with Gasteiger partial charge in [0.1, 0.15) is 23.9 Å². The number of aryl methyl sites for hydroxylation is 1. The van der Waals surface area contributed by atoms with Gasteiger partial charge in [0.05, 0.1) is 30.6 Å². The van der Waals surface area contributed by atoms with E-state index in [1.807, 2.05) is 23.7 Å². The largest absolute Gasteiger partial charge is 0.485 e. The molecule has 0 aliphatic heterocycles.